The fourth-order valence-electron chi connectivity index (χ4n) is 1.29. The Balaban J connectivity index is 2.26. The largest absolute Gasteiger partial charge is 0.391 e. The molecule has 2 atom stereocenters. The standard InChI is InChI=1S/C11H12BrN3O2/c1-6(16)9(13)11-14-10(15-17-11)7-2-4-8(12)5-3-7/h2-6,9,16H,13H2,1H3/t6-,9+/m1/s1. The van der Waals surface area contributed by atoms with Gasteiger partial charge in [0, 0.05) is 10.0 Å². The van der Waals surface area contributed by atoms with Crippen molar-refractivity contribution in [3.8, 4) is 11.4 Å². The minimum absolute atomic E-state index is 0.234. The molecule has 2 rings (SSSR count). The van der Waals surface area contributed by atoms with Gasteiger partial charge in [-0.15, -0.1) is 0 Å². The Bertz CT molecular complexity index is 496. The summed E-state index contributed by atoms with van der Waals surface area (Å²) in [6, 6.07) is 6.85. The Kier molecular flexibility index (Phi) is 3.56. The molecular weight excluding hydrogens is 286 g/mol. The normalized spacial score (nSPS) is 14.6. The van der Waals surface area contributed by atoms with Crippen molar-refractivity contribution in [2.45, 2.75) is 19.1 Å². The summed E-state index contributed by atoms with van der Waals surface area (Å²) < 4.78 is 5.99. The van der Waals surface area contributed by atoms with Crippen molar-refractivity contribution in [3.63, 3.8) is 0 Å². The third kappa shape index (κ3) is 2.71. The van der Waals surface area contributed by atoms with Crippen LogP contribution in [0.2, 0.25) is 0 Å². The van der Waals surface area contributed by atoms with Gasteiger partial charge in [0.1, 0.15) is 6.04 Å². The predicted molar refractivity (Wildman–Crippen MR) is 66.0 cm³/mol. The van der Waals surface area contributed by atoms with Crippen LogP contribution >= 0.6 is 15.9 Å². The molecule has 1 aromatic heterocycles. The van der Waals surface area contributed by atoms with Crippen LogP contribution in [0.1, 0.15) is 18.9 Å². The Morgan fingerprint density at radius 3 is 2.59 bits per heavy atom. The molecule has 0 bridgehead atoms. The molecule has 17 heavy (non-hydrogen) atoms. The van der Waals surface area contributed by atoms with Gasteiger partial charge in [-0.05, 0) is 31.2 Å². The smallest absolute Gasteiger partial charge is 0.246 e. The first-order valence-corrected chi connectivity index (χ1v) is 5.90. The summed E-state index contributed by atoms with van der Waals surface area (Å²) in [4.78, 5) is 4.15. The monoisotopic (exact) mass is 297 g/mol. The first-order chi connectivity index (χ1) is 8.08. The summed E-state index contributed by atoms with van der Waals surface area (Å²) in [7, 11) is 0. The molecule has 0 fully saturated rings. The first-order valence-electron chi connectivity index (χ1n) is 5.11. The second-order valence-corrected chi connectivity index (χ2v) is 4.65. The molecule has 0 aliphatic carbocycles. The Morgan fingerprint density at radius 2 is 2.00 bits per heavy atom. The van der Waals surface area contributed by atoms with Gasteiger partial charge in [-0.2, -0.15) is 4.98 Å². The minimum Gasteiger partial charge on any atom is -0.391 e. The summed E-state index contributed by atoms with van der Waals surface area (Å²) in [5.41, 5.74) is 6.53. The molecule has 6 heteroatoms. The zero-order valence-electron chi connectivity index (χ0n) is 9.17. The molecule has 1 heterocycles. The van der Waals surface area contributed by atoms with E-state index >= 15 is 0 Å². The Hall–Kier alpha value is -1.24. The molecule has 0 amide bonds. The number of benzene rings is 1. The molecule has 0 radical (unpaired) electrons. The maximum atomic E-state index is 9.33. The van der Waals surface area contributed by atoms with E-state index in [0.29, 0.717) is 5.82 Å². The van der Waals surface area contributed by atoms with E-state index in [1.165, 1.54) is 0 Å². The van der Waals surface area contributed by atoms with Crippen LogP contribution in [0.25, 0.3) is 11.4 Å². The topological polar surface area (TPSA) is 85.2 Å². The van der Waals surface area contributed by atoms with E-state index in [-0.39, 0.29) is 5.89 Å². The molecule has 5 nitrogen and oxygen atoms in total. The van der Waals surface area contributed by atoms with Crippen LogP contribution in [-0.4, -0.2) is 21.4 Å². The number of halogens is 1. The van der Waals surface area contributed by atoms with Crippen LogP contribution in [0.15, 0.2) is 33.3 Å². The zero-order valence-corrected chi connectivity index (χ0v) is 10.8. The Morgan fingerprint density at radius 1 is 1.35 bits per heavy atom. The maximum absolute atomic E-state index is 9.33. The van der Waals surface area contributed by atoms with E-state index in [1.54, 1.807) is 6.92 Å². The molecular formula is C11H12BrN3O2. The highest BCUT2D eigenvalue weighted by atomic mass is 79.9. The van der Waals surface area contributed by atoms with E-state index in [1.807, 2.05) is 24.3 Å². The molecule has 1 aromatic carbocycles. The number of nitrogens with zero attached hydrogens (tertiary/aromatic N) is 2. The molecule has 0 saturated heterocycles. The van der Waals surface area contributed by atoms with Crippen LogP contribution in [0.3, 0.4) is 0 Å². The van der Waals surface area contributed by atoms with E-state index in [2.05, 4.69) is 26.1 Å². The van der Waals surface area contributed by atoms with Crippen LogP contribution < -0.4 is 5.73 Å². The maximum Gasteiger partial charge on any atom is 0.246 e. The van der Waals surface area contributed by atoms with Gasteiger partial charge in [0.15, 0.2) is 0 Å². The second kappa shape index (κ2) is 4.95. The van der Waals surface area contributed by atoms with E-state index in [0.717, 1.165) is 10.0 Å². The van der Waals surface area contributed by atoms with Gasteiger partial charge in [-0.3, -0.25) is 0 Å². The van der Waals surface area contributed by atoms with Crippen LogP contribution in [0, 0.1) is 0 Å². The van der Waals surface area contributed by atoms with Gasteiger partial charge in [-0.25, -0.2) is 0 Å². The van der Waals surface area contributed by atoms with Gasteiger partial charge in [0.25, 0.3) is 0 Å². The first kappa shape index (κ1) is 12.2. The lowest BCUT2D eigenvalue weighted by Gasteiger charge is -2.08. The SMILES string of the molecule is C[C@@H](O)[C@H](N)c1nc(-c2ccc(Br)cc2)no1. The predicted octanol–water partition coefficient (Wildman–Crippen LogP) is 1.88. The summed E-state index contributed by atoms with van der Waals surface area (Å²) in [6.45, 7) is 1.58. The average molecular weight is 298 g/mol. The lowest BCUT2D eigenvalue weighted by Crippen LogP contribution is -2.23. The number of nitrogens with two attached hydrogens (primary N) is 1. The number of hydrogen-bond acceptors (Lipinski definition) is 5. The highest BCUT2D eigenvalue weighted by molar-refractivity contribution is 9.10. The van der Waals surface area contributed by atoms with Gasteiger partial charge >= 0.3 is 0 Å². The molecule has 2 aromatic rings. The average Bonchev–Trinajstić information content (AvgIpc) is 2.78. The van der Waals surface area contributed by atoms with Crippen molar-refractivity contribution in [1.29, 1.82) is 0 Å². The zero-order chi connectivity index (χ0) is 12.4. The van der Waals surface area contributed by atoms with Gasteiger partial charge < -0.3 is 15.4 Å². The van der Waals surface area contributed by atoms with Crippen molar-refractivity contribution in [3.05, 3.63) is 34.6 Å². The van der Waals surface area contributed by atoms with Crippen molar-refractivity contribution in [2.75, 3.05) is 0 Å². The molecule has 90 valence electrons. The molecule has 0 aliphatic rings. The van der Waals surface area contributed by atoms with E-state index in [4.69, 9.17) is 10.3 Å². The third-order valence-electron chi connectivity index (χ3n) is 2.35. The summed E-state index contributed by atoms with van der Waals surface area (Å²) in [6.07, 6.45) is -0.729. The van der Waals surface area contributed by atoms with Crippen LogP contribution in [0.4, 0.5) is 0 Å². The fraction of sp³-hybridized carbons (Fsp3) is 0.273. The number of aliphatic hydroxyl groups is 1. The summed E-state index contributed by atoms with van der Waals surface area (Å²) >= 11 is 3.35. The molecule has 0 unspecified atom stereocenters. The fourth-order valence-corrected chi connectivity index (χ4v) is 1.56. The van der Waals surface area contributed by atoms with Crippen LogP contribution in [0.5, 0.6) is 0 Å². The quantitative estimate of drug-likeness (QED) is 0.903. The van der Waals surface area contributed by atoms with E-state index < -0.39 is 12.1 Å². The van der Waals surface area contributed by atoms with Crippen molar-refractivity contribution >= 4 is 15.9 Å². The highest BCUT2D eigenvalue weighted by Crippen LogP contribution is 2.21. The van der Waals surface area contributed by atoms with Gasteiger partial charge in [-0.1, -0.05) is 21.1 Å². The van der Waals surface area contributed by atoms with Crippen molar-refractivity contribution < 1.29 is 9.63 Å². The van der Waals surface area contributed by atoms with Crippen molar-refractivity contribution in [1.82, 2.24) is 10.1 Å². The summed E-state index contributed by atoms with van der Waals surface area (Å²) in [5, 5.41) is 13.2. The van der Waals surface area contributed by atoms with Crippen LogP contribution in [-0.2, 0) is 0 Å². The van der Waals surface area contributed by atoms with Gasteiger partial charge in [0.05, 0.1) is 6.10 Å². The lowest BCUT2D eigenvalue weighted by molar-refractivity contribution is 0.146. The Labute approximate surface area is 107 Å². The van der Waals surface area contributed by atoms with Gasteiger partial charge in [0.2, 0.25) is 11.7 Å². The second-order valence-electron chi connectivity index (χ2n) is 3.73. The molecule has 0 aliphatic heterocycles. The number of aliphatic hydroxyl groups excluding tert-OH is 1. The number of aromatic nitrogens is 2. The minimum atomic E-state index is -0.729. The van der Waals surface area contributed by atoms with E-state index in [9.17, 15) is 5.11 Å². The third-order valence-corrected chi connectivity index (χ3v) is 2.88. The number of hydrogen-bond donors (Lipinski definition) is 2. The molecule has 0 spiro atoms. The molecule has 3 N–H and O–H groups in total. The number of rotatable bonds is 3. The molecule has 0 saturated carbocycles. The lowest BCUT2D eigenvalue weighted by atomic mass is 10.2. The summed E-state index contributed by atoms with van der Waals surface area (Å²) in [5.74, 6) is 0.696. The van der Waals surface area contributed by atoms with Crippen molar-refractivity contribution in [2.24, 2.45) is 5.73 Å². The highest BCUT2D eigenvalue weighted by Gasteiger charge is 2.19.